The SMILES string of the molecule is Cc1ncsc1-c1ccc([C@H](C)NC(=O)[C@@H]2C[C@@H](O)CN2C(=O)[C@@H](NC(=O)C2(OCc3ccc(B4OC(C)(C)C(C)(C)O4)cc3)CC2)C(C)(C)C)cc1. The number of aromatic nitrogens is 1. The normalized spacial score (nSPS) is 22.7. The number of aryl methyl sites for hydroxylation is 1. The van der Waals surface area contributed by atoms with Gasteiger partial charge in [-0.15, -0.1) is 11.3 Å². The third-order valence-corrected chi connectivity index (χ3v) is 12.1. The molecule has 1 aliphatic carbocycles. The number of carbonyl (C=O) groups excluding carboxylic acids is 3. The molecule has 3 amide bonds. The maximum absolute atomic E-state index is 14.2. The van der Waals surface area contributed by atoms with E-state index in [1.807, 2.05) is 116 Å². The van der Waals surface area contributed by atoms with Crippen molar-refractivity contribution in [3.8, 4) is 10.4 Å². The Labute approximate surface area is 317 Å². The van der Waals surface area contributed by atoms with Crippen LogP contribution in [0.3, 0.4) is 0 Å². The summed E-state index contributed by atoms with van der Waals surface area (Å²) in [5.41, 5.74) is 3.96. The number of nitrogens with one attached hydrogen (secondary N) is 2. The molecule has 2 saturated heterocycles. The molecule has 2 aliphatic heterocycles. The summed E-state index contributed by atoms with van der Waals surface area (Å²) < 4.78 is 18.6. The van der Waals surface area contributed by atoms with Crippen molar-refractivity contribution < 1.29 is 33.5 Å². The number of rotatable bonds is 11. The number of amides is 3. The van der Waals surface area contributed by atoms with Gasteiger partial charge in [0, 0.05) is 13.0 Å². The first-order valence-electron chi connectivity index (χ1n) is 18.5. The lowest BCUT2D eigenvalue weighted by molar-refractivity contribution is -0.147. The van der Waals surface area contributed by atoms with Gasteiger partial charge in [-0.2, -0.15) is 0 Å². The van der Waals surface area contributed by atoms with Gasteiger partial charge >= 0.3 is 7.12 Å². The molecule has 3 aromatic rings. The van der Waals surface area contributed by atoms with Gasteiger partial charge in [-0.1, -0.05) is 69.3 Å². The summed E-state index contributed by atoms with van der Waals surface area (Å²) in [6, 6.07) is 13.6. The van der Waals surface area contributed by atoms with Crippen molar-refractivity contribution in [2.24, 2.45) is 5.41 Å². The van der Waals surface area contributed by atoms with E-state index in [0.717, 1.165) is 32.7 Å². The molecule has 1 aromatic heterocycles. The number of nitrogens with zero attached hydrogens (tertiary/aromatic N) is 2. The van der Waals surface area contributed by atoms with Crippen LogP contribution in [0.2, 0.25) is 0 Å². The van der Waals surface area contributed by atoms with E-state index in [4.69, 9.17) is 14.0 Å². The monoisotopic (exact) mass is 744 g/mol. The van der Waals surface area contributed by atoms with E-state index in [1.165, 1.54) is 4.90 Å². The number of likely N-dealkylation sites (tertiary alicyclic amines) is 1. The van der Waals surface area contributed by atoms with Gasteiger partial charge in [-0.05, 0) is 82.0 Å². The standard InChI is InChI=1S/C40H53BN4O7S/c1-24(27-12-14-28(15-13-27)32-25(2)42-23-53-32)43-34(47)31-20-30(46)21-45(31)35(48)33(37(3,4)5)44-36(49)40(18-19-40)50-22-26-10-16-29(17-11-26)41-51-38(6,7)39(8,9)52-41/h10-17,23-24,30-31,33,46H,18-22H2,1-9H3,(H,43,47)(H,44,49)/t24-,30+,31-,33+/m0/s1. The van der Waals surface area contributed by atoms with Crippen LogP contribution in [-0.2, 0) is 35.0 Å². The molecule has 2 aromatic carbocycles. The summed E-state index contributed by atoms with van der Waals surface area (Å²) in [5.74, 6) is -1.12. The summed E-state index contributed by atoms with van der Waals surface area (Å²) in [6.07, 6.45) is 0.314. The molecule has 3 heterocycles. The third-order valence-electron chi connectivity index (χ3n) is 11.2. The number of hydrogen-bond acceptors (Lipinski definition) is 9. The Morgan fingerprint density at radius 1 is 1.02 bits per heavy atom. The Hall–Kier alpha value is -3.62. The molecule has 11 nitrogen and oxygen atoms in total. The molecular formula is C40H53BN4O7S. The maximum Gasteiger partial charge on any atom is 0.494 e. The van der Waals surface area contributed by atoms with Gasteiger partial charge in [0.15, 0.2) is 0 Å². The topological polar surface area (TPSA) is 139 Å². The molecule has 1 saturated carbocycles. The van der Waals surface area contributed by atoms with Crippen molar-refractivity contribution >= 4 is 41.6 Å². The van der Waals surface area contributed by atoms with E-state index in [0.29, 0.717) is 12.8 Å². The quantitative estimate of drug-likeness (QED) is 0.238. The number of β-amino-alcohol motifs (C(OH)–C–C–N with tert-alkyl or cyclic N) is 1. The summed E-state index contributed by atoms with van der Waals surface area (Å²) in [6.45, 7) is 17.8. The van der Waals surface area contributed by atoms with Gasteiger partial charge in [-0.3, -0.25) is 14.4 Å². The lowest BCUT2D eigenvalue weighted by atomic mass is 9.79. The second kappa shape index (κ2) is 14.6. The summed E-state index contributed by atoms with van der Waals surface area (Å²) in [7, 11) is -0.468. The fraction of sp³-hybridized carbons (Fsp3) is 0.550. The van der Waals surface area contributed by atoms with Crippen LogP contribution in [0, 0.1) is 12.3 Å². The Bertz CT molecular complexity index is 1800. The average molecular weight is 745 g/mol. The Morgan fingerprint density at radius 3 is 2.19 bits per heavy atom. The van der Waals surface area contributed by atoms with Gasteiger partial charge in [0.25, 0.3) is 5.91 Å². The molecule has 3 fully saturated rings. The van der Waals surface area contributed by atoms with Crippen molar-refractivity contribution in [2.45, 2.75) is 129 Å². The molecular weight excluding hydrogens is 691 g/mol. The van der Waals surface area contributed by atoms with E-state index in [9.17, 15) is 19.5 Å². The number of benzene rings is 2. The van der Waals surface area contributed by atoms with Crippen molar-refractivity contribution in [3.05, 3.63) is 70.9 Å². The van der Waals surface area contributed by atoms with Gasteiger partial charge in [0.05, 0.1) is 46.0 Å². The zero-order valence-electron chi connectivity index (χ0n) is 32.3. The lowest BCUT2D eigenvalue weighted by Crippen LogP contribution is -2.59. The number of aliphatic hydroxyl groups is 1. The first kappa shape index (κ1) is 39.1. The molecule has 3 N–H and O–H groups in total. The van der Waals surface area contributed by atoms with Crippen LogP contribution < -0.4 is 16.1 Å². The van der Waals surface area contributed by atoms with Gasteiger partial charge < -0.3 is 34.7 Å². The van der Waals surface area contributed by atoms with Crippen LogP contribution in [0.4, 0.5) is 0 Å². The van der Waals surface area contributed by atoms with E-state index >= 15 is 0 Å². The minimum Gasteiger partial charge on any atom is -0.399 e. The Kier molecular flexibility index (Phi) is 10.7. The van der Waals surface area contributed by atoms with Crippen LogP contribution >= 0.6 is 11.3 Å². The van der Waals surface area contributed by atoms with Crippen molar-refractivity contribution in [1.82, 2.24) is 20.5 Å². The molecule has 0 unspecified atom stereocenters. The summed E-state index contributed by atoms with van der Waals surface area (Å²) in [4.78, 5) is 48.6. The van der Waals surface area contributed by atoms with Crippen LogP contribution in [0.15, 0.2) is 54.0 Å². The number of hydrogen-bond donors (Lipinski definition) is 3. The molecule has 13 heteroatoms. The zero-order chi connectivity index (χ0) is 38.5. The number of ether oxygens (including phenoxy) is 1. The highest BCUT2D eigenvalue weighted by molar-refractivity contribution is 7.13. The number of thiazole rings is 1. The minimum absolute atomic E-state index is 0.000215. The first-order chi connectivity index (χ1) is 24.8. The van der Waals surface area contributed by atoms with Gasteiger partial charge in [0.2, 0.25) is 11.8 Å². The van der Waals surface area contributed by atoms with Crippen LogP contribution in [0.5, 0.6) is 0 Å². The predicted molar refractivity (Wildman–Crippen MR) is 205 cm³/mol. The van der Waals surface area contributed by atoms with Crippen LogP contribution in [-0.4, -0.2) is 81.4 Å². The van der Waals surface area contributed by atoms with Crippen molar-refractivity contribution in [1.29, 1.82) is 0 Å². The molecule has 0 spiro atoms. The van der Waals surface area contributed by atoms with Crippen molar-refractivity contribution in [2.75, 3.05) is 6.54 Å². The molecule has 0 radical (unpaired) electrons. The van der Waals surface area contributed by atoms with E-state index < -0.39 is 53.4 Å². The molecule has 6 rings (SSSR count). The second-order valence-electron chi connectivity index (χ2n) is 16.9. The van der Waals surface area contributed by atoms with E-state index in [2.05, 4.69) is 15.6 Å². The fourth-order valence-electron chi connectivity index (χ4n) is 6.80. The Balaban J connectivity index is 1.07. The molecule has 0 bridgehead atoms. The van der Waals surface area contributed by atoms with Crippen molar-refractivity contribution in [3.63, 3.8) is 0 Å². The highest BCUT2D eigenvalue weighted by Gasteiger charge is 2.54. The third kappa shape index (κ3) is 8.24. The second-order valence-corrected chi connectivity index (χ2v) is 17.8. The smallest absolute Gasteiger partial charge is 0.399 e. The highest BCUT2D eigenvalue weighted by Crippen LogP contribution is 2.41. The number of aliphatic hydroxyl groups excluding tert-OH is 1. The highest BCUT2D eigenvalue weighted by atomic mass is 32.1. The summed E-state index contributed by atoms with van der Waals surface area (Å²) >= 11 is 1.58. The zero-order valence-corrected chi connectivity index (χ0v) is 33.1. The molecule has 3 aliphatic rings. The Morgan fingerprint density at radius 2 is 1.64 bits per heavy atom. The molecule has 284 valence electrons. The average Bonchev–Trinajstić information content (AvgIpc) is 3.50. The first-order valence-corrected chi connectivity index (χ1v) is 19.4. The number of carbonyl (C=O) groups is 3. The van der Waals surface area contributed by atoms with E-state index in [-0.39, 0.29) is 37.4 Å². The fourth-order valence-corrected chi connectivity index (χ4v) is 7.61. The minimum atomic E-state index is -1.04. The van der Waals surface area contributed by atoms with Crippen LogP contribution in [0.1, 0.15) is 97.5 Å². The van der Waals surface area contributed by atoms with E-state index in [1.54, 1.807) is 11.3 Å². The molecule has 4 atom stereocenters. The summed E-state index contributed by atoms with van der Waals surface area (Å²) in [5, 5.41) is 16.7. The van der Waals surface area contributed by atoms with Gasteiger partial charge in [0.1, 0.15) is 17.7 Å². The lowest BCUT2D eigenvalue weighted by Gasteiger charge is -2.36. The maximum atomic E-state index is 14.2. The molecule has 53 heavy (non-hydrogen) atoms. The predicted octanol–water partition coefficient (Wildman–Crippen LogP) is 4.84. The van der Waals surface area contributed by atoms with Gasteiger partial charge in [-0.25, -0.2) is 4.98 Å². The van der Waals surface area contributed by atoms with Crippen LogP contribution in [0.25, 0.3) is 10.4 Å². The largest absolute Gasteiger partial charge is 0.494 e.